The van der Waals surface area contributed by atoms with Gasteiger partial charge in [-0.05, 0) is 6.42 Å². The normalized spacial score (nSPS) is 14.2. The van der Waals surface area contributed by atoms with Crippen LogP contribution in [0.3, 0.4) is 0 Å². The van der Waals surface area contributed by atoms with Crippen LogP contribution in [0.25, 0.3) is 0 Å². The van der Waals surface area contributed by atoms with Gasteiger partial charge in [-0.2, -0.15) is 0 Å². The van der Waals surface area contributed by atoms with E-state index in [0.29, 0.717) is 32.8 Å². The van der Waals surface area contributed by atoms with Crippen molar-refractivity contribution >= 4 is 0 Å². The van der Waals surface area contributed by atoms with E-state index in [1.165, 1.54) is 0 Å². The van der Waals surface area contributed by atoms with E-state index < -0.39 is 36.6 Å². The first kappa shape index (κ1) is 55.3. The van der Waals surface area contributed by atoms with Gasteiger partial charge in [-0.3, -0.25) is 0 Å². The molecule has 0 rings (SSSR count). The van der Waals surface area contributed by atoms with E-state index in [9.17, 15) is 20.4 Å². The molecule has 0 aliphatic rings. The van der Waals surface area contributed by atoms with Crippen LogP contribution in [0.1, 0.15) is 6.42 Å². The van der Waals surface area contributed by atoms with Crippen molar-refractivity contribution in [1.82, 2.24) is 0 Å². The summed E-state index contributed by atoms with van der Waals surface area (Å²) in [6, 6.07) is 0. The Hall–Kier alpha value is -3.16. The predicted molar refractivity (Wildman–Crippen MR) is 171 cm³/mol. The second-order valence-corrected chi connectivity index (χ2v) is 9.64. The Bertz CT molecular complexity index is 580. The summed E-state index contributed by atoms with van der Waals surface area (Å²) in [4.78, 5) is 0. The Morgan fingerprint density at radius 3 is 0.857 bits per heavy atom. The Labute approximate surface area is 280 Å². The van der Waals surface area contributed by atoms with Gasteiger partial charge in [-0.1, -0.05) is 12.2 Å². The molecule has 6 unspecified atom stereocenters. The zero-order valence-electron chi connectivity index (χ0n) is 29.1. The Morgan fingerprint density at radius 2 is 0.612 bits per heavy atom. The standard InChI is InChI=1S/C11H22O6.2C10H19O5.2Rf/c1-14-6-10(12)8-16-4-3-5-17-9-11(13)7-15-2;2*1-3-4-14-6-10(12)8-15-7-9(11)5-13-2;;/h10-13H,1-9H2;2*3,9-12H,1-2,4-8H2;;/q-2;2*-1;;. The molecule has 0 heterocycles. The van der Waals surface area contributed by atoms with Crippen molar-refractivity contribution < 1.29 is 78.0 Å². The minimum Gasteiger partial charge on any atom is -0.553 e. The molecule has 0 aromatic heterocycles. The molecule has 0 aliphatic carbocycles. The van der Waals surface area contributed by atoms with Crippen molar-refractivity contribution in [2.24, 2.45) is 0 Å². The van der Waals surface area contributed by atoms with Gasteiger partial charge in [-0.15, -0.1) is 13.2 Å². The monoisotopic (exact) mass is 1220 g/mol. The molecule has 6 atom stereocenters. The first-order chi connectivity index (χ1) is 22.6. The van der Waals surface area contributed by atoms with E-state index in [1.54, 1.807) is 12.2 Å². The van der Waals surface area contributed by atoms with Crippen molar-refractivity contribution in [3.8, 4) is 0 Å². The summed E-state index contributed by atoms with van der Waals surface area (Å²) in [6.45, 7) is 10.5. The van der Waals surface area contributed by atoms with E-state index in [0.717, 1.165) is 0 Å². The summed E-state index contributed by atoms with van der Waals surface area (Å²) >= 11 is 0. The Morgan fingerprint density at radius 1 is 0.388 bits per heavy atom. The fraction of sp³-hybridized carbons (Fsp3) is 0.742. The summed E-state index contributed by atoms with van der Waals surface area (Å²) in [5, 5.41) is 55.4. The SMILES string of the molecule is C=CCOCC(O)COCC(O)CO[CH2-].C=CCOCC(O)COCC(O)CO[CH2-].[CH2-]OCC(O)COCCCOCC(O)CO[CH2-].[Rf].[Rf]. The molecule has 0 fully saturated rings. The van der Waals surface area contributed by atoms with E-state index in [2.05, 4.69) is 60.5 Å². The van der Waals surface area contributed by atoms with Crippen LogP contribution < -0.4 is 0 Å². The van der Waals surface area contributed by atoms with Crippen molar-refractivity contribution in [3.63, 3.8) is 0 Å². The van der Waals surface area contributed by atoms with Gasteiger partial charge < -0.3 is 78.0 Å². The van der Waals surface area contributed by atoms with E-state index >= 15 is 0 Å². The Kier molecular flexibility index (Phi) is 50.6. The summed E-state index contributed by atoms with van der Waals surface area (Å²) in [6.07, 6.45) is -0.237. The molecule has 0 aromatic rings. The van der Waals surface area contributed by atoms with E-state index in [1.807, 2.05) is 0 Å². The maximum Gasteiger partial charge on any atom is 0.101 e. The van der Waals surface area contributed by atoms with Crippen LogP contribution in [0.5, 0.6) is 0 Å². The van der Waals surface area contributed by atoms with Crippen LogP contribution in [0, 0.1) is 28.4 Å². The molecule has 16 nitrogen and oxygen atoms in total. The third-order valence-electron chi connectivity index (χ3n) is 4.77. The van der Waals surface area contributed by atoms with Gasteiger partial charge in [0.25, 0.3) is 0 Å². The topological polar surface area (TPSA) is 214 Å². The first-order valence-corrected chi connectivity index (χ1v) is 14.9. The number of hydrogen-bond acceptors (Lipinski definition) is 16. The maximum absolute atomic E-state index is 9.31. The van der Waals surface area contributed by atoms with Gasteiger partial charge in [-0.25, -0.2) is 28.4 Å². The molecule has 0 spiro atoms. The number of ether oxygens (including phenoxy) is 10. The molecule has 0 radical (unpaired) electrons. The number of rotatable bonds is 32. The molecule has 0 bridgehead atoms. The van der Waals surface area contributed by atoms with Crippen LogP contribution in [-0.2, 0) is 47.4 Å². The molecule has 0 saturated carbocycles. The summed E-state index contributed by atoms with van der Waals surface area (Å²) in [5.41, 5.74) is 0. The van der Waals surface area contributed by atoms with Crippen LogP contribution in [-0.4, -0.2) is 173 Å². The molecule has 18 heteroatoms. The second kappa shape index (κ2) is 44.8. The molecular weight excluding hydrogens is 1160 g/mol. The van der Waals surface area contributed by atoms with Crippen LogP contribution >= 0.6 is 0 Å². The van der Waals surface area contributed by atoms with Gasteiger partial charge in [0.1, 0.15) is 12.2 Å². The molecule has 6 N–H and O–H groups in total. The second-order valence-electron chi connectivity index (χ2n) is 9.64. The van der Waals surface area contributed by atoms with E-state index in [-0.39, 0.29) is 79.3 Å². The third kappa shape index (κ3) is 49.3. The molecular formula is C31H60O16Rf2-4. The first-order valence-electron chi connectivity index (χ1n) is 14.9. The fourth-order valence-electron chi connectivity index (χ4n) is 2.79. The van der Waals surface area contributed by atoms with Crippen molar-refractivity contribution in [2.45, 2.75) is 43.0 Å². The molecule has 0 amide bonds. The van der Waals surface area contributed by atoms with Crippen LogP contribution in [0.15, 0.2) is 25.3 Å². The molecule has 0 aliphatic heterocycles. The zero-order valence-corrected chi connectivity index (χ0v) is 41.9. The molecule has 0 saturated heterocycles. The average molecular weight is 1220 g/mol. The average Bonchev–Trinajstić information content (AvgIpc) is 3.02. The largest absolute Gasteiger partial charge is 0.553 e. The minimum atomic E-state index is -0.719. The predicted octanol–water partition coefficient (Wildman–Crippen LogP) is -0.781. The van der Waals surface area contributed by atoms with Gasteiger partial charge in [0.15, 0.2) is 0 Å². The zero-order chi connectivity index (χ0) is 36.0. The maximum atomic E-state index is 9.31. The van der Waals surface area contributed by atoms with E-state index in [4.69, 9.17) is 38.6 Å². The summed E-state index contributed by atoms with van der Waals surface area (Å²) in [7, 11) is 12.6. The van der Waals surface area contributed by atoms with Gasteiger partial charge >= 0.3 is 0 Å². The molecule has 288 valence electrons. The number of hydrogen-bond donors (Lipinski definition) is 6. The van der Waals surface area contributed by atoms with Crippen LogP contribution in [0.2, 0.25) is 0 Å². The fourth-order valence-corrected chi connectivity index (χ4v) is 2.79. The Balaban J connectivity index is -0.000000194. The van der Waals surface area contributed by atoms with Crippen molar-refractivity contribution in [3.05, 3.63) is 53.7 Å². The minimum absolute atomic E-state index is 0. The summed E-state index contributed by atoms with van der Waals surface area (Å²) < 4.78 is 48.3. The molecule has 49 heavy (non-hydrogen) atoms. The summed E-state index contributed by atoms with van der Waals surface area (Å²) in [5.74, 6) is 0. The van der Waals surface area contributed by atoms with Crippen LogP contribution in [0.4, 0.5) is 0 Å². The van der Waals surface area contributed by atoms with Gasteiger partial charge in [0.2, 0.25) is 0 Å². The van der Waals surface area contributed by atoms with Gasteiger partial charge in [0, 0.05) is 39.6 Å². The number of aliphatic hydroxyl groups excluding tert-OH is 6. The van der Waals surface area contributed by atoms with Crippen molar-refractivity contribution in [2.75, 3.05) is 106 Å². The smallest absolute Gasteiger partial charge is 0.101 e. The third-order valence-corrected chi connectivity index (χ3v) is 4.77. The molecule has 0 aromatic carbocycles. The van der Waals surface area contributed by atoms with Gasteiger partial charge in [0.05, 0.1) is 90.5 Å². The van der Waals surface area contributed by atoms with Crippen molar-refractivity contribution in [1.29, 1.82) is 0 Å². The quantitative estimate of drug-likeness (QED) is 0.0277. The number of aliphatic hydroxyl groups is 6.